The summed E-state index contributed by atoms with van der Waals surface area (Å²) >= 11 is 2.85. The number of thiophene rings is 1. The monoisotopic (exact) mass is 379 g/mol. The van der Waals surface area contributed by atoms with Crippen LogP contribution in [0.3, 0.4) is 0 Å². The summed E-state index contributed by atoms with van der Waals surface area (Å²) in [7, 11) is 0. The number of carbonyl (C=O) groups excluding carboxylic acids is 2. The molecule has 0 aliphatic carbocycles. The van der Waals surface area contributed by atoms with E-state index in [1.165, 1.54) is 23.1 Å². The summed E-state index contributed by atoms with van der Waals surface area (Å²) in [5, 5.41) is 14.5. The second-order valence-corrected chi connectivity index (χ2v) is 7.50. The molecule has 2 aromatic rings. The summed E-state index contributed by atoms with van der Waals surface area (Å²) in [4.78, 5) is 23.7. The van der Waals surface area contributed by atoms with Crippen molar-refractivity contribution < 1.29 is 29.5 Å². The van der Waals surface area contributed by atoms with Crippen molar-refractivity contribution >= 4 is 35.0 Å². The number of thioether (sulfide) groups is 1. The number of hydrogen-bond donors (Lipinski definition) is 1. The molecule has 1 saturated heterocycles. The maximum atomic E-state index is 12.1. The third-order valence-corrected chi connectivity index (χ3v) is 5.88. The molecule has 3 rings (SSSR count). The fourth-order valence-corrected chi connectivity index (χ4v) is 4.38. The predicted octanol–water partition coefficient (Wildman–Crippen LogP) is 0.793. The van der Waals surface area contributed by atoms with Crippen molar-refractivity contribution in [3.8, 4) is 11.5 Å². The second-order valence-electron chi connectivity index (χ2n) is 5.38. The number of carboxylic acid groups (broad SMARTS) is 1. The lowest BCUT2D eigenvalue weighted by molar-refractivity contribution is -0.690. The van der Waals surface area contributed by atoms with Crippen LogP contribution in [0, 0.1) is 0 Å². The molecular weight excluding hydrogens is 362 g/mol. The van der Waals surface area contributed by atoms with E-state index < -0.39 is 18.0 Å². The molecule has 0 radical (unpaired) electrons. The lowest BCUT2D eigenvalue weighted by Crippen LogP contribution is -2.90. The van der Waals surface area contributed by atoms with E-state index in [0.29, 0.717) is 28.7 Å². The lowest BCUT2D eigenvalue weighted by atomic mass is 10.2. The van der Waals surface area contributed by atoms with E-state index >= 15 is 0 Å². The molecule has 6 nitrogen and oxygen atoms in total. The molecule has 1 aliphatic heterocycles. The molecule has 0 saturated carbocycles. The van der Waals surface area contributed by atoms with Gasteiger partial charge in [0, 0.05) is 5.56 Å². The molecule has 132 valence electrons. The Morgan fingerprint density at radius 1 is 1.32 bits per heavy atom. The van der Waals surface area contributed by atoms with E-state index in [1.807, 2.05) is 18.4 Å². The highest BCUT2D eigenvalue weighted by atomic mass is 32.2. The standard InChI is InChI=1S/C17H17NO5S2/c1-2-22-13-8-10(15-18-11(9-25-15)16(19)20)5-6-12(13)23-17(21)14-4-3-7-24-14/h3-8,11,15,18H,2,9H2,1H3,(H,19,20)/t11-,15+/m0/s1. The number of quaternary nitrogens is 1. The number of hydrogen-bond acceptors (Lipinski definition) is 7. The second kappa shape index (κ2) is 7.90. The topological polar surface area (TPSA) is 92.3 Å². The summed E-state index contributed by atoms with van der Waals surface area (Å²) in [6.45, 7) is 2.27. The number of rotatable bonds is 6. The van der Waals surface area contributed by atoms with Gasteiger partial charge in [-0.2, -0.15) is 0 Å². The summed E-state index contributed by atoms with van der Waals surface area (Å²) in [6.07, 6.45) is 0. The molecule has 0 amide bonds. The van der Waals surface area contributed by atoms with Crippen LogP contribution in [-0.4, -0.2) is 30.3 Å². The summed E-state index contributed by atoms with van der Waals surface area (Å²) in [5.74, 6) is -0.171. The number of carbonyl (C=O) groups is 2. The minimum atomic E-state index is -1.05. The zero-order chi connectivity index (χ0) is 17.8. The van der Waals surface area contributed by atoms with Gasteiger partial charge in [-0.1, -0.05) is 17.8 Å². The minimum Gasteiger partial charge on any atom is -0.544 e. The van der Waals surface area contributed by atoms with Gasteiger partial charge < -0.3 is 24.7 Å². The van der Waals surface area contributed by atoms with Gasteiger partial charge in [0.15, 0.2) is 16.9 Å². The largest absolute Gasteiger partial charge is 0.544 e. The Morgan fingerprint density at radius 3 is 2.80 bits per heavy atom. The highest BCUT2D eigenvalue weighted by Gasteiger charge is 2.31. The third-order valence-electron chi connectivity index (χ3n) is 3.69. The van der Waals surface area contributed by atoms with Gasteiger partial charge in [0.2, 0.25) is 0 Å². The average Bonchev–Trinajstić information content (AvgIpc) is 3.28. The number of aliphatic carboxylic acids is 1. The first kappa shape index (κ1) is 17.8. The number of carboxylic acids is 1. The average molecular weight is 379 g/mol. The minimum absolute atomic E-state index is 0.0517. The van der Waals surface area contributed by atoms with Gasteiger partial charge in [-0.05, 0) is 36.6 Å². The van der Waals surface area contributed by atoms with Crippen molar-refractivity contribution in [1.82, 2.24) is 0 Å². The molecule has 1 fully saturated rings. The number of benzene rings is 1. The molecule has 2 N–H and O–H groups in total. The Labute approximate surface area is 153 Å². The van der Waals surface area contributed by atoms with Crippen molar-refractivity contribution in [3.05, 3.63) is 46.2 Å². The Kier molecular flexibility index (Phi) is 5.62. The Bertz CT molecular complexity index is 762. The molecule has 0 unspecified atom stereocenters. The maximum absolute atomic E-state index is 12.1. The first-order valence-electron chi connectivity index (χ1n) is 7.78. The SMILES string of the molecule is CCOc1cc([C@@H]2[NH2+][C@H](C(=O)[O-])CS2)ccc1OC(=O)c1cccs1. The molecule has 0 spiro atoms. The molecule has 25 heavy (non-hydrogen) atoms. The maximum Gasteiger partial charge on any atom is 0.353 e. The first-order valence-corrected chi connectivity index (χ1v) is 9.71. The molecule has 1 aromatic heterocycles. The zero-order valence-electron chi connectivity index (χ0n) is 13.5. The van der Waals surface area contributed by atoms with Gasteiger partial charge in [0.05, 0.1) is 12.4 Å². The molecule has 2 heterocycles. The van der Waals surface area contributed by atoms with Crippen LogP contribution in [0.1, 0.15) is 27.5 Å². The van der Waals surface area contributed by atoms with Gasteiger partial charge in [0.25, 0.3) is 0 Å². The number of esters is 1. The van der Waals surface area contributed by atoms with Gasteiger partial charge in [-0.15, -0.1) is 11.3 Å². The van der Waals surface area contributed by atoms with Crippen LogP contribution in [0.15, 0.2) is 35.7 Å². The van der Waals surface area contributed by atoms with Crippen molar-refractivity contribution in [2.75, 3.05) is 12.4 Å². The highest BCUT2D eigenvalue weighted by Crippen LogP contribution is 2.35. The Balaban J connectivity index is 1.78. The van der Waals surface area contributed by atoms with E-state index in [1.54, 1.807) is 29.6 Å². The molecular formula is C17H17NO5S2. The van der Waals surface area contributed by atoms with E-state index in [9.17, 15) is 14.7 Å². The van der Waals surface area contributed by atoms with E-state index in [0.717, 1.165) is 5.56 Å². The van der Waals surface area contributed by atoms with Crippen LogP contribution in [0.4, 0.5) is 0 Å². The van der Waals surface area contributed by atoms with Crippen molar-refractivity contribution in [3.63, 3.8) is 0 Å². The smallest absolute Gasteiger partial charge is 0.353 e. The fourth-order valence-electron chi connectivity index (χ4n) is 2.48. The van der Waals surface area contributed by atoms with Crippen LogP contribution in [0.2, 0.25) is 0 Å². The van der Waals surface area contributed by atoms with Crippen molar-refractivity contribution in [1.29, 1.82) is 0 Å². The Morgan fingerprint density at radius 2 is 2.16 bits per heavy atom. The van der Waals surface area contributed by atoms with Crippen LogP contribution in [0.25, 0.3) is 0 Å². The molecule has 0 bridgehead atoms. The molecule has 1 aliphatic rings. The van der Waals surface area contributed by atoms with Crippen LogP contribution in [-0.2, 0) is 4.79 Å². The van der Waals surface area contributed by atoms with Gasteiger partial charge in [0.1, 0.15) is 16.9 Å². The van der Waals surface area contributed by atoms with E-state index in [-0.39, 0.29) is 5.37 Å². The van der Waals surface area contributed by atoms with E-state index in [4.69, 9.17) is 9.47 Å². The number of nitrogens with two attached hydrogens (primary N) is 1. The zero-order valence-corrected chi connectivity index (χ0v) is 15.1. The normalized spacial score (nSPS) is 19.6. The quantitative estimate of drug-likeness (QED) is 0.589. The third kappa shape index (κ3) is 4.15. The molecule has 8 heteroatoms. The van der Waals surface area contributed by atoms with E-state index in [2.05, 4.69) is 0 Å². The van der Waals surface area contributed by atoms with Gasteiger partial charge in [-0.3, -0.25) is 0 Å². The molecule has 1 aromatic carbocycles. The van der Waals surface area contributed by atoms with Crippen LogP contribution in [0.5, 0.6) is 11.5 Å². The predicted molar refractivity (Wildman–Crippen MR) is 92.8 cm³/mol. The van der Waals surface area contributed by atoms with Crippen LogP contribution < -0.4 is 19.9 Å². The lowest BCUT2D eigenvalue weighted by Gasteiger charge is -2.14. The van der Waals surface area contributed by atoms with Crippen LogP contribution >= 0.6 is 23.1 Å². The van der Waals surface area contributed by atoms with Gasteiger partial charge in [-0.25, -0.2) is 4.79 Å². The first-order chi connectivity index (χ1) is 12.1. The highest BCUT2D eigenvalue weighted by molar-refractivity contribution is 7.99. The fraction of sp³-hybridized carbons (Fsp3) is 0.294. The van der Waals surface area contributed by atoms with Crippen molar-refractivity contribution in [2.45, 2.75) is 18.3 Å². The van der Waals surface area contributed by atoms with Gasteiger partial charge >= 0.3 is 5.97 Å². The Hall–Kier alpha value is -2.03. The summed E-state index contributed by atoms with van der Waals surface area (Å²) in [5.41, 5.74) is 0.910. The van der Waals surface area contributed by atoms with Crippen molar-refractivity contribution in [2.24, 2.45) is 0 Å². The summed E-state index contributed by atoms with van der Waals surface area (Å²) in [6, 6.07) is 8.24. The number of ether oxygens (including phenoxy) is 2. The molecule has 2 atom stereocenters. The summed E-state index contributed by atoms with van der Waals surface area (Å²) < 4.78 is 11.0.